The minimum Gasteiger partial charge on any atom is -0.497 e. The summed E-state index contributed by atoms with van der Waals surface area (Å²) in [5.74, 6) is 0.437. The van der Waals surface area contributed by atoms with Crippen molar-refractivity contribution < 1.29 is 26.7 Å². The zero-order valence-corrected chi connectivity index (χ0v) is 15.4. The smallest absolute Gasteiger partial charge is 0.278 e. The number of thiophene rings is 1. The number of sulfonamides is 2. The van der Waals surface area contributed by atoms with Gasteiger partial charge in [0.05, 0.1) is 25.1 Å². The molecule has 0 unspecified atom stereocenters. The average Bonchev–Trinajstić information content (AvgIpc) is 2.99. The normalized spacial score (nSPS) is 16.3. The molecule has 0 bridgehead atoms. The van der Waals surface area contributed by atoms with E-state index < -0.39 is 26.7 Å². The summed E-state index contributed by atoms with van der Waals surface area (Å²) in [6, 6.07) is 7.49. The highest BCUT2D eigenvalue weighted by molar-refractivity contribution is 7.96. The third kappa shape index (κ3) is 3.04. The van der Waals surface area contributed by atoms with Crippen LogP contribution in [-0.2, 0) is 20.0 Å². The first kappa shape index (κ1) is 17.9. The van der Waals surface area contributed by atoms with E-state index in [0.29, 0.717) is 17.1 Å². The van der Waals surface area contributed by atoms with Gasteiger partial charge in [0.25, 0.3) is 10.0 Å². The quantitative estimate of drug-likeness (QED) is 0.784. The maximum Gasteiger partial charge on any atom is 0.278 e. The Balaban J connectivity index is 2.23. The van der Waals surface area contributed by atoms with E-state index in [1.807, 2.05) is 0 Å². The fourth-order valence-electron chi connectivity index (χ4n) is 2.43. The summed E-state index contributed by atoms with van der Waals surface area (Å²) in [4.78, 5) is 0. The lowest BCUT2D eigenvalue weighted by molar-refractivity contribution is 0.330. The zero-order chi connectivity index (χ0) is 18.4. The first-order chi connectivity index (χ1) is 11.7. The molecule has 0 atom stereocenters. The van der Waals surface area contributed by atoms with E-state index >= 15 is 0 Å². The minimum atomic E-state index is -4.11. The molecular formula is C14H14N2O6S3. The Morgan fingerprint density at radius 3 is 2.64 bits per heavy atom. The van der Waals surface area contributed by atoms with Gasteiger partial charge in [0.2, 0.25) is 10.0 Å². The van der Waals surface area contributed by atoms with Gasteiger partial charge in [-0.05, 0) is 24.3 Å². The number of hydrogen-bond acceptors (Lipinski definition) is 7. The molecule has 1 aromatic heterocycles. The van der Waals surface area contributed by atoms with Gasteiger partial charge in [-0.25, -0.2) is 17.9 Å². The van der Waals surface area contributed by atoms with Crippen LogP contribution >= 0.6 is 11.3 Å². The summed E-state index contributed by atoms with van der Waals surface area (Å²) in [5, 5.41) is 14.7. The van der Waals surface area contributed by atoms with E-state index in [-0.39, 0.29) is 25.4 Å². The lowest BCUT2D eigenvalue weighted by Gasteiger charge is -2.29. The van der Waals surface area contributed by atoms with E-state index in [2.05, 4.69) is 0 Å². The van der Waals surface area contributed by atoms with Gasteiger partial charge < -0.3 is 9.84 Å². The summed E-state index contributed by atoms with van der Waals surface area (Å²) < 4.78 is 54.8. The number of rotatable bonds is 4. The molecule has 25 heavy (non-hydrogen) atoms. The number of benzene rings is 1. The molecule has 134 valence electrons. The lowest BCUT2D eigenvalue weighted by Crippen LogP contribution is -2.33. The Morgan fingerprint density at radius 1 is 1.32 bits per heavy atom. The number of fused-ring (bicyclic) bond motifs is 1. The topological polar surface area (TPSA) is 127 Å². The Kier molecular flexibility index (Phi) is 4.37. The van der Waals surface area contributed by atoms with Crippen molar-refractivity contribution in [3.8, 4) is 5.75 Å². The van der Waals surface area contributed by atoms with Crippen LogP contribution in [0, 0.1) is 0 Å². The third-order valence-electron chi connectivity index (χ3n) is 3.49. The van der Waals surface area contributed by atoms with Crippen LogP contribution < -0.4 is 14.2 Å². The largest absolute Gasteiger partial charge is 0.497 e. The SMILES string of the molecule is COc1cccc(N2C(CO)=Cc3cc(S(N)(=O)=O)sc3S2(=O)=O)c1. The summed E-state index contributed by atoms with van der Waals surface area (Å²) in [6.45, 7) is -0.559. The second kappa shape index (κ2) is 6.11. The molecule has 2 aromatic rings. The van der Waals surface area contributed by atoms with Crippen LogP contribution in [0.2, 0.25) is 0 Å². The van der Waals surface area contributed by atoms with Crippen molar-refractivity contribution in [2.24, 2.45) is 5.14 Å². The van der Waals surface area contributed by atoms with Gasteiger partial charge in [-0.15, -0.1) is 11.3 Å². The number of hydrogen-bond donors (Lipinski definition) is 2. The fraction of sp³-hybridized carbons (Fsp3) is 0.143. The van der Waals surface area contributed by atoms with Crippen LogP contribution in [0.4, 0.5) is 5.69 Å². The van der Waals surface area contributed by atoms with Crippen LogP contribution in [0.3, 0.4) is 0 Å². The van der Waals surface area contributed by atoms with Crippen molar-refractivity contribution in [2.45, 2.75) is 8.42 Å². The Labute approximate surface area is 148 Å². The number of ether oxygens (including phenoxy) is 1. The molecule has 1 aliphatic rings. The Bertz CT molecular complexity index is 1070. The van der Waals surface area contributed by atoms with Crippen molar-refractivity contribution in [2.75, 3.05) is 18.0 Å². The van der Waals surface area contributed by atoms with E-state index in [0.717, 1.165) is 4.31 Å². The molecule has 0 saturated heterocycles. The molecule has 11 heteroatoms. The molecule has 0 radical (unpaired) electrons. The predicted molar refractivity (Wildman–Crippen MR) is 93.4 cm³/mol. The van der Waals surface area contributed by atoms with Crippen LogP contribution in [0.15, 0.2) is 44.4 Å². The molecule has 8 nitrogen and oxygen atoms in total. The lowest BCUT2D eigenvalue weighted by atomic mass is 10.2. The maximum absolute atomic E-state index is 13.0. The molecule has 0 saturated carbocycles. The van der Waals surface area contributed by atoms with Crippen molar-refractivity contribution >= 4 is 43.1 Å². The van der Waals surface area contributed by atoms with Crippen LogP contribution in [0.5, 0.6) is 5.75 Å². The van der Waals surface area contributed by atoms with E-state index in [4.69, 9.17) is 9.88 Å². The monoisotopic (exact) mass is 402 g/mol. The highest BCUT2D eigenvalue weighted by Crippen LogP contribution is 2.41. The van der Waals surface area contributed by atoms with E-state index in [9.17, 15) is 21.9 Å². The Hall–Kier alpha value is -1.92. The van der Waals surface area contributed by atoms with Gasteiger partial charge in [-0.3, -0.25) is 0 Å². The molecule has 0 fully saturated rings. The van der Waals surface area contributed by atoms with Crippen molar-refractivity contribution in [3.05, 3.63) is 41.6 Å². The van der Waals surface area contributed by atoms with E-state index in [1.54, 1.807) is 18.2 Å². The summed E-state index contributed by atoms with van der Waals surface area (Å²) in [6.07, 6.45) is 1.42. The summed E-state index contributed by atoms with van der Waals surface area (Å²) in [5.41, 5.74) is 0.521. The van der Waals surface area contributed by atoms with Crippen LogP contribution in [0.1, 0.15) is 5.56 Å². The number of nitrogens with zero attached hydrogens (tertiary/aromatic N) is 1. The highest BCUT2D eigenvalue weighted by Gasteiger charge is 2.36. The molecule has 0 aliphatic carbocycles. The Morgan fingerprint density at radius 2 is 2.04 bits per heavy atom. The number of aliphatic hydroxyl groups is 1. The van der Waals surface area contributed by atoms with Gasteiger partial charge in [-0.2, -0.15) is 8.42 Å². The first-order valence-electron chi connectivity index (χ1n) is 6.86. The standard InChI is InChI=1S/C14H14N2O6S3/c1-22-12-4-2-3-10(7-12)16-11(8-17)5-9-6-13(24(15,18)19)23-14(9)25(16,20)21/h2-7,17H,8H2,1H3,(H2,15,18,19). The highest BCUT2D eigenvalue weighted by atomic mass is 32.3. The van der Waals surface area contributed by atoms with Crippen LogP contribution in [-0.4, -0.2) is 35.7 Å². The minimum absolute atomic E-state index is 0.0829. The molecule has 0 spiro atoms. The first-order valence-corrected chi connectivity index (χ1v) is 10.7. The molecule has 0 amide bonds. The maximum atomic E-state index is 13.0. The molecule has 2 heterocycles. The predicted octanol–water partition coefficient (Wildman–Crippen LogP) is 0.946. The van der Waals surface area contributed by atoms with E-state index in [1.165, 1.54) is 25.3 Å². The molecule has 1 aliphatic heterocycles. The van der Waals surface area contributed by atoms with Gasteiger partial charge in [0.15, 0.2) is 0 Å². The van der Waals surface area contributed by atoms with Gasteiger partial charge in [0.1, 0.15) is 14.2 Å². The zero-order valence-electron chi connectivity index (χ0n) is 12.9. The second-order valence-corrected chi connectivity index (χ2v) is 9.94. The number of primary sulfonamides is 1. The third-order valence-corrected chi connectivity index (χ3v) is 8.37. The molecular weight excluding hydrogens is 388 g/mol. The van der Waals surface area contributed by atoms with Gasteiger partial charge in [0, 0.05) is 11.6 Å². The van der Waals surface area contributed by atoms with Gasteiger partial charge >= 0.3 is 0 Å². The summed E-state index contributed by atoms with van der Waals surface area (Å²) >= 11 is 0.570. The number of anilines is 1. The number of aliphatic hydroxyl groups excluding tert-OH is 1. The van der Waals surface area contributed by atoms with Gasteiger partial charge in [-0.1, -0.05) is 6.07 Å². The fourth-order valence-corrected chi connectivity index (χ4v) is 6.51. The average molecular weight is 402 g/mol. The van der Waals surface area contributed by atoms with Crippen molar-refractivity contribution in [1.29, 1.82) is 0 Å². The second-order valence-electron chi connectivity index (χ2n) is 5.12. The summed E-state index contributed by atoms with van der Waals surface area (Å²) in [7, 11) is -6.71. The van der Waals surface area contributed by atoms with Crippen LogP contribution in [0.25, 0.3) is 6.08 Å². The number of methoxy groups -OCH3 is 1. The molecule has 3 rings (SSSR count). The van der Waals surface area contributed by atoms with Crippen molar-refractivity contribution in [3.63, 3.8) is 0 Å². The number of nitrogens with two attached hydrogens (primary N) is 1. The molecule has 3 N–H and O–H groups in total. The van der Waals surface area contributed by atoms with Crippen molar-refractivity contribution in [1.82, 2.24) is 0 Å². The molecule has 1 aromatic carbocycles.